The van der Waals surface area contributed by atoms with E-state index >= 15 is 0 Å². The molecule has 24 heavy (non-hydrogen) atoms. The third-order valence-corrected chi connectivity index (χ3v) is 5.29. The number of nitrogens with one attached hydrogen (secondary N) is 1. The van der Waals surface area contributed by atoms with Gasteiger partial charge < -0.3 is 14.8 Å². The molecule has 3 heteroatoms. The first-order valence-corrected chi connectivity index (χ1v) is 9.62. The van der Waals surface area contributed by atoms with Gasteiger partial charge in [-0.1, -0.05) is 19.9 Å². The van der Waals surface area contributed by atoms with Crippen LogP contribution in [0.1, 0.15) is 57.2 Å². The van der Waals surface area contributed by atoms with Gasteiger partial charge in [-0.15, -0.1) is 0 Å². The van der Waals surface area contributed by atoms with Crippen molar-refractivity contribution in [2.45, 2.75) is 52.5 Å². The minimum atomic E-state index is 0.513. The Balaban J connectivity index is 1.78. The Morgan fingerprint density at radius 2 is 1.83 bits per heavy atom. The van der Waals surface area contributed by atoms with E-state index < -0.39 is 0 Å². The lowest BCUT2D eigenvalue weighted by molar-refractivity contribution is 0.238. The van der Waals surface area contributed by atoms with Gasteiger partial charge in [0.1, 0.15) is 0 Å². The number of hydrogen-bond donors (Lipinski definition) is 1. The van der Waals surface area contributed by atoms with Crippen molar-refractivity contribution in [1.82, 2.24) is 14.8 Å². The molecule has 0 amide bonds. The van der Waals surface area contributed by atoms with Gasteiger partial charge in [0.25, 0.3) is 0 Å². The van der Waals surface area contributed by atoms with Crippen molar-refractivity contribution in [2.75, 3.05) is 32.7 Å². The summed E-state index contributed by atoms with van der Waals surface area (Å²) < 4.78 is 2.44. The summed E-state index contributed by atoms with van der Waals surface area (Å²) in [5.74, 6) is 0.588. The van der Waals surface area contributed by atoms with Crippen LogP contribution in [0.5, 0.6) is 0 Å². The smallest absolute Gasteiger partial charge is 0.0485 e. The monoisotopic (exact) mass is 327 g/mol. The lowest BCUT2D eigenvalue weighted by Gasteiger charge is -2.27. The van der Waals surface area contributed by atoms with Gasteiger partial charge in [-0.2, -0.15) is 0 Å². The summed E-state index contributed by atoms with van der Waals surface area (Å²) in [5, 5.41) is 4.90. The first kappa shape index (κ1) is 17.5. The molecule has 0 radical (unpaired) electrons. The van der Waals surface area contributed by atoms with Crippen LogP contribution in [0.25, 0.3) is 10.9 Å². The highest BCUT2D eigenvalue weighted by Gasteiger charge is 2.13. The predicted molar refractivity (Wildman–Crippen MR) is 104 cm³/mol. The first-order valence-electron chi connectivity index (χ1n) is 9.62. The van der Waals surface area contributed by atoms with Crippen LogP contribution in [0, 0.1) is 0 Å². The molecule has 3 nitrogen and oxygen atoms in total. The van der Waals surface area contributed by atoms with E-state index in [0.717, 1.165) is 13.1 Å². The maximum atomic E-state index is 3.43. The SMILES string of the molecule is CC(C)c1ccc2c(c1)c(CCCN1CCNCC1)cn2C(C)C. The number of rotatable bonds is 6. The van der Waals surface area contributed by atoms with Crippen LogP contribution in [0.15, 0.2) is 24.4 Å². The molecule has 0 spiro atoms. The van der Waals surface area contributed by atoms with E-state index in [1.807, 2.05) is 0 Å². The Morgan fingerprint density at radius 1 is 1.08 bits per heavy atom. The molecular weight excluding hydrogens is 294 g/mol. The van der Waals surface area contributed by atoms with Crippen LogP contribution in [0.4, 0.5) is 0 Å². The summed E-state index contributed by atoms with van der Waals surface area (Å²) in [7, 11) is 0. The molecule has 2 aromatic rings. The number of piperazine rings is 1. The molecule has 1 aliphatic rings. The van der Waals surface area contributed by atoms with Gasteiger partial charge in [-0.05, 0) is 62.4 Å². The fraction of sp³-hybridized carbons (Fsp3) is 0.619. The molecule has 1 saturated heterocycles. The lowest BCUT2D eigenvalue weighted by atomic mass is 9.99. The maximum absolute atomic E-state index is 3.43. The van der Waals surface area contributed by atoms with Crippen molar-refractivity contribution in [3.05, 3.63) is 35.5 Å². The van der Waals surface area contributed by atoms with Gasteiger partial charge in [0.05, 0.1) is 0 Å². The summed E-state index contributed by atoms with van der Waals surface area (Å²) in [6.07, 6.45) is 4.84. The molecule has 3 rings (SSSR count). The van der Waals surface area contributed by atoms with Crippen molar-refractivity contribution < 1.29 is 0 Å². The molecule has 0 saturated carbocycles. The summed E-state index contributed by atoms with van der Waals surface area (Å²) >= 11 is 0. The van der Waals surface area contributed by atoms with E-state index in [-0.39, 0.29) is 0 Å². The standard InChI is InChI=1S/C21H33N3/c1-16(2)18-7-8-21-20(14-18)19(15-24(21)17(3)4)6-5-11-23-12-9-22-10-13-23/h7-8,14-17,22H,5-6,9-13H2,1-4H3. The molecule has 1 aromatic carbocycles. The minimum absolute atomic E-state index is 0.513. The molecule has 1 aliphatic heterocycles. The topological polar surface area (TPSA) is 20.2 Å². The van der Waals surface area contributed by atoms with E-state index in [2.05, 4.69) is 66.9 Å². The van der Waals surface area contributed by atoms with Crippen LogP contribution in [0.3, 0.4) is 0 Å². The molecule has 2 heterocycles. The zero-order valence-corrected chi connectivity index (χ0v) is 15.8. The highest BCUT2D eigenvalue weighted by molar-refractivity contribution is 5.85. The molecule has 0 atom stereocenters. The number of hydrogen-bond acceptors (Lipinski definition) is 2. The number of fused-ring (bicyclic) bond motifs is 1. The Bertz CT molecular complexity index is 663. The molecule has 132 valence electrons. The molecule has 0 unspecified atom stereocenters. The van der Waals surface area contributed by atoms with E-state index in [1.54, 1.807) is 0 Å². The zero-order chi connectivity index (χ0) is 17.1. The highest BCUT2D eigenvalue weighted by atomic mass is 15.2. The van der Waals surface area contributed by atoms with Gasteiger partial charge in [-0.3, -0.25) is 0 Å². The van der Waals surface area contributed by atoms with Crippen LogP contribution < -0.4 is 5.32 Å². The molecule has 1 fully saturated rings. The van der Waals surface area contributed by atoms with Crippen molar-refractivity contribution in [2.24, 2.45) is 0 Å². The van der Waals surface area contributed by atoms with Crippen molar-refractivity contribution in [1.29, 1.82) is 0 Å². The summed E-state index contributed by atoms with van der Waals surface area (Å²) in [5.41, 5.74) is 4.37. The average molecular weight is 328 g/mol. The largest absolute Gasteiger partial charge is 0.345 e. The van der Waals surface area contributed by atoms with E-state index in [0.29, 0.717) is 12.0 Å². The summed E-state index contributed by atoms with van der Waals surface area (Å²) in [4.78, 5) is 2.59. The van der Waals surface area contributed by atoms with Crippen molar-refractivity contribution in [3.8, 4) is 0 Å². The minimum Gasteiger partial charge on any atom is -0.345 e. The normalized spacial score (nSPS) is 16.6. The van der Waals surface area contributed by atoms with E-state index in [9.17, 15) is 0 Å². The van der Waals surface area contributed by atoms with Crippen LogP contribution in [-0.2, 0) is 6.42 Å². The van der Waals surface area contributed by atoms with Crippen molar-refractivity contribution >= 4 is 10.9 Å². The number of aryl methyl sites for hydroxylation is 1. The fourth-order valence-electron chi connectivity index (χ4n) is 3.76. The second kappa shape index (κ2) is 7.71. The maximum Gasteiger partial charge on any atom is 0.0485 e. The molecular formula is C21H33N3. The van der Waals surface area contributed by atoms with Crippen molar-refractivity contribution in [3.63, 3.8) is 0 Å². The third-order valence-electron chi connectivity index (χ3n) is 5.29. The van der Waals surface area contributed by atoms with Crippen LogP contribution >= 0.6 is 0 Å². The number of aromatic nitrogens is 1. The zero-order valence-electron chi connectivity index (χ0n) is 15.8. The highest BCUT2D eigenvalue weighted by Crippen LogP contribution is 2.29. The average Bonchev–Trinajstić information content (AvgIpc) is 2.94. The van der Waals surface area contributed by atoms with Gasteiger partial charge in [0, 0.05) is 49.3 Å². The number of benzene rings is 1. The lowest BCUT2D eigenvalue weighted by Crippen LogP contribution is -2.43. The summed E-state index contributed by atoms with van der Waals surface area (Å²) in [6.45, 7) is 15.0. The fourth-order valence-corrected chi connectivity index (χ4v) is 3.76. The van der Waals surface area contributed by atoms with E-state index in [4.69, 9.17) is 0 Å². The van der Waals surface area contributed by atoms with Gasteiger partial charge in [-0.25, -0.2) is 0 Å². The van der Waals surface area contributed by atoms with Crippen LogP contribution in [-0.4, -0.2) is 42.2 Å². The quantitative estimate of drug-likeness (QED) is 0.859. The second-order valence-corrected chi connectivity index (χ2v) is 7.78. The molecule has 0 bridgehead atoms. The Morgan fingerprint density at radius 3 is 2.50 bits per heavy atom. The number of nitrogens with zero attached hydrogens (tertiary/aromatic N) is 2. The Kier molecular flexibility index (Phi) is 5.62. The molecule has 1 aromatic heterocycles. The third kappa shape index (κ3) is 3.84. The Hall–Kier alpha value is -1.32. The molecule has 0 aliphatic carbocycles. The predicted octanol–water partition coefficient (Wildman–Crippen LogP) is 4.18. The first-order chi connectivity index (χ1) is 11.6. The van der Waals surface area contributed by atoms with Gasteiger partial charge in [0.2, 0.25) is 0 Å². The Labute approximate surface area is 147 Å². The van der Waals surface area contributed by atoms with Crippen LogP contribution in [0.2, 0.25) is 0 Å². The van der Waals surface area contributed by atoms with E-state index in [1.165, 1.54) is 54.5 Å². The summed E-state index contributed by atoms with van der Waals surface area (Å²) in [6, 6.07) is 7.57. The second-order valence-electron chi connectivity index (χ2n) is 7.78. The van der Waals surface area contributed by atoms with Gasteiger partial charge in [0.15, 0.2) is 0 Å². The molecule has 1 N–H and O–H groups in total. The van der Waals surface area contributed by atoms with Gasteiger partial charge >= 0.3 is 0 Å².